The summed E-state index contributed by atoms with van der Waals surface area (Å²) < 4.78 is 11.9. The Balaban J connectivity index is 1.36. The zero-order valence-electron chi connectivity index (χ0n) is 18.3. The summed E-state index contributed by atoms with van der Waals surface area (Å²) in [6.07, 6.45) is 1.76. The lowest BCUT2D eigenvalue weighted by atomic mass is 10.0. The fourth-order valence-electron chi connectivity index (χ4n) is 3.94. The first-order valence-electron chi connectivity index (χ1n) is 10.8. The summed E-state index contributed by atoms with van der Waals surface area (Å²) in [5.41, 5.74) is 5.18. The molecule has 0 saturated heterocycles. The number of hydrogen-bond acceptors (Lipinski definition) is 3. The highest BCUT2D eigenvalue weighted by Gasteiger charge is 2.30. The van der Waals surface area contributed by atoms with Crippen LogP contribution in [0.4, 0.5) is 0 Å². The molecule has 0 fully saturated rings. The first kappa shape index (κ1) is 22.3. The van der Waals surface area contributed by atoms with E-state index in [9.17, 15) is 4.79 Å². The third-order valence-electron chi connectivity index (χ3n) is 5.70. The van der Waals surface area contributed by atoms with Gasteiger partial charge >= 0.3 is 0 Å². The molecule has 0 aromatic heterocycles. The predicted octanol–water partition coefficient (Wildman–Crippen LogP) is 8.16. The Bertz CT molecular complexity index is 1390. The van der Waals surface area contributed by atoms with Crippen molar-refractivity contribution in [1.82, 2.24) is 0 Å². The number of ether oxygens (including phenoxy) is 2. The van der Waals surface area contributed by atoms with Crippen molar-refractivity contribution >= 4 is 35.1 Å². The lowest BCUT2D eigenvalue weighted by Gasteiger charge is -2.11. The molecule has 4 aromatic rings. The van der Waals surface area contributed by atoms with Gasteiger partial charge in [0.2, 0.25) is 5.78 Å². The maximum absolute atomic E-state index is 13.0. The van der Waals surface area contributed by atoms with Crippen molar-refractivity contribution < 1.29 is 14.3 Å². The highest BCUT2D eigenvalue weighted by atomic mass is 35.5. The number of carbonyl (C=O) groups excluding carboxylic acids is 1. The lowest BCUT2D eigenvalue weighted by molar-refractivity contribution is 0.101. The van der Waals surface area contributed by atoms with Crippen LogP contribution >= 0.6 is 23.2 Å². The van der Waals surface area contributed by atoms with Crippen LogP contribution in [0.2, 0.25) is 10.0 Å². The molecule has 0 radical (unpaired) electrons. The van der Waals surface area contributed by atoms with E-state index in [1.807, 2.05) is 55.5 Å². The second-order valence-electron chi connectivity index (χ2n) is 8.03. The predicted molar refractivity (Wildman–Crippen MR) is 137 cm³/mol. The summed E-state index contributed by atoms with van der Waals surface area (Å²) in [6.45, 7) is 2.08. The van der Waals surface area contributed by atoms with Crippen molar-refractivity contribution in [3.05, 3.63) is 123 Å². The van der Waals surface area contributed by atoms with E-state index in [0.717, 1.165) is 22.3 Å². The maximum atomic E-state index is 13.0. The molecule has 3 nitrogen and oxygen atoms in total. The molecule has 168 valence electrons. The Kier molecular flexibility index (Phi) is 6.14. The van der Waals surface area contributed by atoms with Crippen LogP contribution in [0.15, 0.2) is 90.7 Å². The molecule has 0 spiro atoms. The molecule has 0 saturated carbocycles. The molecule has 5 rings (SSSR count). The van der Waals surface area contributed by atoms with Gasteiger partial charge in [0, 0.05) is 21.7 Å². The van der Waals surface area contributed by atoms with Crippen LogP contribution in [0.25, 0.3) is 17.2 Å². The molecular weight excluding hydrogens is 467 g/mol. The van der Waals surface area contributed by atoms with Crippen LogP contribution in [-0.2, 0) is 6.61 Å². The zero-order valence-corrected chi connectivity index (χ0v) is 19.9. The molecule has 0 aliphatic carbocycles. The van der Waals surface area contributed by atoms with Gasteiger partial charge in [-0.05, 0) is 53.5 Å². The van der Waals surface area contributed by atoms with Gasteiger partial charge in [-0.25, -0.2) is 0 Å². The monoisotopic (exact) mass is 486 g/mol. The molecule has 0 bridgehead atoms. The molecule has 5 heteroatoms. The molecule has 34 heavy (non-hydrogen) atoms. The minimum absolute atomic E-state index is 0.139. The van der Waals surface area contributed by atoms with Crippen molar-refractivity contribution in [2.24, 2.45) is 0 Å². The molecule has 0 unspecified atom stereocenters. The molecule has 1 aliphatic rings. The fraction of sp³-hybridized carbons (Fsp3) is 0.0690. The van der Waals surface area contributed by atoms with Gasteiger partial charge in [0.25, 0.3) is 0 Å². The minimum atomic E-state index is -0.139. The Morgan fingerprint density at radius 1 is 0.853 bits per heavy atom. The third kappa shape index (κ3) is 4.45. The van der Waals surface area contributed by atoms with Crippen molar-refractivity contribution in [2.45, 2.75) is 13.5 Å². The van der Waals surface area contributed by atoms with Crippen molar-refractivity contribution in [2.75, 3.05) is 0 Å². The number of Topliss-reactive ketones (excluding diaryl/α,β-unsaturated/α-hetero) is 1. The largest absolute Gasteiger partial charge is 0.489 e. The van der Waals surface area contributed by atoms with Crippen molar-refractivity contribution in [1.29, 1.82) is 0 Å². The first-order chi connectivity index (χ1) is 16.5. The topological polar surface area (TPSA) is 35.5 Å². The SMILES string of the molecule is Cc1cc(OCc2c(Cl)cccc2Cl)cc2c1C(=O)/C(=C/c1ccc(-c3ccccc3)cc1)O2. The highest BCUT2D eigenvalue weighted by Crippen LogP contribution is 2.38. The van der Waals surface area contributed by atoms with Gasteiger partial charge in [-0.1, -0.05) is 83.9 Å². The summed E-state index contributed by atoms with van der Waals surface area (Å²) in [6, 6.07) is 27.0. The van der Waals surface area contributed by atoms with E-state index in [1.165, 1.54) is 0 Å². The Morgan fingerprint density at radius 3 is 2.24 bits per heavy atom. The van der Waals surface area contributed by atoms with Gasteiger partial charge in [0.1, 0.15) is 18.1 Å². The number of halogens is 2. The standard InChI is InChI=1S/C29H20Cl2O3/c1-18-14-22(33-17-23-24(30)8-5-9-25(23)31)16-26-28(18)29(32)27(34-26)15-19-10-12-21(13-11-19)20-6-3-2-4-7-20/h2-16H,17H2,1H3/b27-15-. The molecule has 0 atom stereocenters. The van der Waals surface area contributed by atoms with E-state index >= 15 is 0 Å². The number of rotatable bonds is 5. The molecule has 4 aromatic carbocycles. The summed E-state index contributed by atoms with van der Waals surface area (Å²) in [5, 5.41) is 1.08. The molecular formula is C29H20Cl2O3. The highest BCUT2D eigenvalue weighted by molar-refractivity contribution is 6.35. The summed E-state index contributed by atoms with van der Waals surface area (Å²) >= 11 is 12.5. The Labute approximate surface area is 208 Å². The molecule has 0 N–H and O–H groups in total. The second-order valence-corrected chi connectivity index (χ2v) is 8.84. The number of allylic oxidation sites excluding steroid dienone is 1. The van der Waals surface area contributed by atoms with Crippen LogP contribution in [0.3, 0.4) is 0 Å². The molecule has 0 amide bonds. The van der Waals surface area contributed by atoms with Gasteiger partial charge in [0.05, 0.1) is 5.56 Å². The van der Waals surface area contributed by atoms with E-state index < -0.39 is 0 Å². The lowest BCUT2D eigenvalue weighted by Crippen LogP contribution is -2.00. The summed E-state index contributed by atoms with van der Waals surface area (Å²) in [4.78, 5) is 13.0. The van der Waals surface area contributed by atoms with Crippen LogP contribution in [0.5, 0.6) is 11.5 Å². The van der Waals surface area contributed by atoms with E-state index in [0.29, 0.717) is 32.7 Å². The van der Waals surface area contributed by atoms with Gasteiger partial charge in [-0.2, -0.15) is 0 Å². The summed E-state index contributed by atoms with van der Waals surface area (Å²) in [5.74, 6) is 1.21. The number of benzene rings is 4. The molecule has 1 aliphatic heterocycles. The smallest absolute Gasteiger partial charge is 0.232 e. The van der Waals surface area contributed by atoms with E-state index in [1.54, 1.807) is 30.3 Å². The average molecular weight is 487 g/mol. The van der Waals surface area contributed by atoms with Crippen LogP contribution in [0, 0.1) is 6.92 Å². The van der Waals surface area contributed by atoms with E-state index in [2.05, 4.69) is 12.1 Å². The minimum Gasteiger partial charge on any atom is -0.489 e. The van der Waals surface area contributed by atoms with Crippen LogP contribution in [0.1, 0.15) is 27.0 Å². The Morgan fingerprint density at radius 2 is 1.53 bits per heavy atom. The van der Waals surface area contributed by atoms with E-state index in [-0.39, 0.29) is 18.1 Å². The Hall–Kier alpha value is -3.53. The van der Waals surface area contributed by atoms with Gasteiger partial charge in [-0.3, -0.25) is 4.79 Å². The average Bonchev–Trinajstić information content (AvgIpc) is 3.15. The first-order valence-corrected chi connectivity index (χ1v) is 11.6. The molecule has 1 heterocycles. The van der Waals surface area contributed by atoms with Gasteiger partial charge < -0.3 is 9.47 Å². The van der Waals surface area contributed by atoms with E-state index in [4.69, 9.17) is 32.7 Å². The number of fused-ring (bicyclic) bond motifs is 1. The quantitative estimate of drug-likeness (QED) is 0.267. The summed E-state index contributed by atoms with van der Waals surface area (Å²) in [7, 11) is 0. The van der Waals surface area contributed by atoms with Crippen molar-refractivity contribution in [3.8, 4) is 22.6 Å². The third-order valence-corrected chi connectivity index (χ3v) is 6.41. The van der Waals surface area contributed by atoms with Gasteiger partial charge in [0.15, 0.2) is 5.76 Å². The van der Waals surface area contributed by atoms with Gasteiger partial charge in [-0.15, -0.1) is 0 Å². The fourth-order valence-corrected chi connectivity index (χ4v) is 4.45. The second kappa shape index (κ2) is 9.38. The normalized spacial score (nSPS) is 13.6. The zero-order chi connectivity index (χ0) is 23.7. The number of ketones is 1. The number of carbonyl (C=O) groups is 1. The van der Waals surface area contributed by atoms with Crippen molar-refractivity contribution in [3.63, 3.8) is 0 Å². The van der Waals surface area contributed by atoms with Crippen LogP contribution < -0.4 is 9.47 Å². The number of hydrogen-bond donors (Lipinski definition) is 0. The maximum Gasteiger partial charge on any atom is 0.232 e. The van der Waals surface area contributed by atoms with Crippen LogP contribution in [-0.4, -0.2) is 5.78 Å². The number of aryl methyl sites for hydroxylation is 1.